The van der Waals surface area contributed by atoms with Crippen LogP contribution < -0.4 is 5.32 Å². The zero-order valence-electron chi connectivity index (χ0n) is 9.21. The van der Waals surface area contributed by atoms with E-state index in [9.17, 15) is 0 Å². The lowest BCUT2D eigenvalue weighted by Gasteiger charge is -2.42. The number of nitrogens with zero attached hydrogens (tertiary/aromatic N) is 1. The molecule has 80 valence electrons. The Morgan fingerprint density at radius 2 is 1.86 bits per heavy atom. The molecule has 2 aliphatic heterocycles. The topological polar surface area (TPSA) is 15.3 Å². The molecule has 2 heterocycles. The molecule has 1 aliphatic carbocycles. The van der Waals surface area contributed by atoms with Gasteiger partial charge >= 0.3 is 0 Å². The van der Waals surface area contributed by atoms with Crippen LogP contribution in [0, 0.1) is 5.92 Å². The van der Waals surface area contributed by atoms with Gasteiger partial charge in [0.1, 0.15) is 0 Å². The van der Waals surface area contributed by atoms with Gasteiger partial charge in [-0.05, 0) is 44.6 Å². The zero-order chi connectivity index (χ0) is 9.54. The molecule has 2 saturated heterocycles. The van der Waals surface area contributed by atoms with E-state index in [1.165, 1.54) is 45.2 Å². The van der Waals surface area contributed by atoms with Gasteiger partial charge in [0.15, 0.2) is 0 Å². The first-order chi connectivity index (χ1) is 6.81. The molecule has 0 aromatic heterocycles. The summed E-state index contributed by atoms with van der Waals surface area (Å²) in [5, 5.41) is 3.76. The summed E-state index contributed by atoms with van der Waals surface area (Å²) < 4.78 is 0. The van der Waals surface area contributed by atoms with Crippen LogP contribution in [0.25, 0.3) is 0 Å². The molecule has 2 bridgehead atoms. The molecule has 1 saturated carbocycles. The van der Waals surface area contributed by atoms with E-state index in [0.717, 1.165) is 24.0 Å². The van der Waals surface area contributed by atoms with E-state index in [4.69, 9.17) is 0 Å². The highest BCUT2D eigenvalue weighted by atomic mass is 15.2. The standard InChI is InChI=1S/C12H22N2/c1-9-6-12(7-9)14-5-4-10-2-3-11(8-14)13-10/h9-13H,2-8H2,1H3. The zero-order valence-corrected chi connectivity index (χ0v) is 9.21. The number of hydrogen-bond donors (Lipinski definition) is 1. The Morgan fingerprint density at radius 1 is 1.07 bits per heavy atom. The molecular weight excluding hydrogens is 172 g/mol. The van der Waals surface area contributed by atoms with Crippen molar-refractivity contribution in [1.82, 2.24) is 10.2 Å². The van der Waals surface area contributed by atoms with Gasteiger partial charge in [0, 0.05) is 24.7 Å². The third-order valence-corrected chi connectivity index (χ3v) is 4.42. The number of hydrogen-bond acceptors (Lipinski definition) is 2. The number of nitrogens with one attached hydrogen (secondary N) is 1. The molecule has 2 heteroatoms. The molecule has 3 fully saturated rings. The van der Waals surface area contributed by atoms with E-state index in [1.54, 1.807) is 0 Å². The van der Waals surface area contributed by atoms with Crippen molar-refractivity contribution in [2.45, 2.75) is 57.2 Å². The fraction of sp³-hybridized carbons (Fsp3) is 1.00. The minimum absolute atomic E-state index is 0.818. The maximum atomic E-state index is 3.76. The molecule has 3 aliphatic rings. The molecule has 0 radical (unpaired) electrons. The van der Waals surface area contributed by atoms with Gasteiger partial charge in [-0.2, -0.15) is 0 Å². The Kier molecular flexibility index (Phi) is 2.29. The number of fused-ring (bicyclic) bond motifs is 2. The number of rotatable bonds is 1. The van der Waals surface area contributed by atoms with Crippen molar-refractivity contribution in [2.24, 2.45) is 5.92 Å². The van der Waals surface area contributed by atoms with Gasteiger partial charge in [0.05, 0.1) is 0 Å². The summed E-state index contributed by atoms with van der Waals surface area (Å²) >= 11 is 0. The van der Waals surface area contributed by atoms with Crippen LogP contribution in [0.4, 0.5) is 0 Å². The van der Waals surface area contributed by atoms with E-state index < -0.39 is 0 Å². The molecule has 2 atom stereocenters. The fourth-order valence-electron chi connectivity index (χ4n) is 3.46. The van der Waals surface area contributed by atoms with Crippen LogP contribution in [0.5, 0.6) is 0 Å². The Labute approximate surface area is 87.0 Å². The van der Waals surface area contributed by atoms with Crippen LogP contribution in [0.3, 0.4) is 0 Å². The maximum absolute atomic E-state index is 3.76. The minimum atomic E-state index is 0.818. The van der Waals surface area contributed by atoms with Gasteiger partial charge in [0.2, 0.25) is 0 Å². The van der Waals surface area contributed by atoms with Gasteiger partial charge in [-0.15, -0.1) is 0 Å². The summed E-state index contributed by atoms with van der Waals surface area (Å²) in [5.74, 6) is 0.994. The molecule has 0 amide bonds. The van der Waals surface area contributed by atoms with Gasteiger partial charge in [0.25, 0.3) is 0 Å². The molecule has 0 aromatic carbocycles. The Hall–Kier alpha value is -0.0800. The maximum Gasteiger partial charge on any atom is 0.0198 e. The van der Waals surface area contributed by atoms with Crippen molar-refractivity contribution in [1.29, 1.82) is 0 Å². The summed E-state index contributed by atoms with van der Waals surface area (Å²) in [6, 6.07) is 2.60. The second kappa shape index (κ2) is 3.49. The first-order valence-electron chi connectivity index (χ1n) is 6.31. The second-order valence-electron chi connectivity index (χ2n) is 5.65. The number of likely N-dealkylation sites (tertiary alicyclic amines) is 1. The Balaban J connectivity index is 1.59. The third-order valence-electron chi connectivity index (χ3n) is 4.42. The molecular formula is C12H22N2. The van der Waals surface area contributed by atoms with Gasteiger partial charge < -0.3 is 5.32 Å². The third kappa shape index (κ3) is 1.59. The molecule has 0 spiro atoms. The van der Waals surface area contributed by atoms with Crippen molar-refractivity contribution >= 4 is 0 Å². The first kappa shape index (κ1) is 9.17. The van der Waals surface area contributed by atoms with Crippen LogP contribution in [-0.2, 0) is 0 Å². The van der Waals surface area contributed by atoms with E-state index >= 15 is 0 Å². The average molecular weight is 194 g/mol. The molecule has 3 rings (SSSR count). The average Bonchev–Trinajstić information content (AvgIpc) is 2.42. The second-order valence-corrected chi connectivity index (χ2v) is 5.65. The lowest BCUT2D eigenvalue weighted by atomic mass is 9.80. The lowest BCUT2D eigenvalue weighted by molar-refractivity contribution is 0.0819. The molecule has 2 nitrogen and oxygen atoms in total. The highest BCUT2D eigenvalue weighted by Gasteiger charge is 2.36. The van der Waals surface area contributed by atoms with Gasteiger partial charge in [-0.3, -0.25) is 4.90 Å². The quantitative estimate of drug-likeness (QED) is 0.682. The molecule has 2 unspecified atom stereocenters. The monoisotopic (exact) mass is 194 g/mol. The fourth-order valence-corrected chi connectivity index (χ4v) is 3.46. The van der Waals surface area contributed by atoms with Crippen LogP contribution in [0.15, 0.2) is 0 Å². The summed E-state index contributed by atoms with van der Waals surface area (Å²) in [5.41, 5.74) is 0. The predicted molar refractivity (Wildman–Crippen MR) is 58.3 cm³/mol. The summed E-state index contributed by atoms with van der Waals surface area (Å²) in [4.78, 5) is 2.76. The predicted octanol–water partition coefficient (Wildman–Crippen LogP) is 1.61. The molecule has 1 N–H and O–H groups in total. The van der Waals surface area contributed by atoms with Crippen molar-refractivity contribution in [3.63, 3.8) is 0 Å². The van der Waals surface area contributed by atoms with Crippen molar-refractivity contribution in [3.05, 3.63) is 0 Å². The SMILES string of the molecule is CC1CC(N2CCC3CCC(C2)N3)C1. The van der Waals surface area contributed by atoms with Crippen LogP contribution in [-0.4, -0.2) is 36.1 Å². The minimum Gasteiger partial charge on any atom is -0.310 e. The first-order valence-corrected chi connectivity index (χ1v) is 6.31. The molecule has 0 aromatic rings. The van der Waals surface area contributed by atoms with E-state index in [1.807, 2.05) is 0 Å². The van der Waals surface area contributed by atoms with Crippen LogP contribution in [0.2, 0.25) is 0 Å². The van der Waals surface area contributed by atoms with Crippen molar-refractivity contribution < 1.29 is 0 Å². The van der Waals surface area contributed by atoms with E-state index in [2.05, 4.69) is 17.1 Å². The summed E-state index contributed by atoms with van der Waals surface area (Å²) in [7, 11) is 0. The lowest BCUT2D eigenvalue weighted by Crippen LogP contribution is -2.47. The van der Waals surface area contributed by atoms with E-state index in [0.29, 0.717) is 0 Å². The van der Waals surface area contributed by atoms with Crippen LogP contribution >= 0.6 is 0 Å². The molecule has 14 heavy (non-hydrogen) atoms. The Morgan fingerprint density at radius 3 is 2.64 bits per heavy atom. The normalized spacial score (nSPS) is 48.6. The summed E-state index contributed by atoms with van der Waals surface area (Å²) in [6.07, 6.45) is 7.15. The highest BCUT2D eigenvalue weighted by molar-refractivity contribution is 4.94. The van der Waals surface area contributed by atoms with Gasteiger partial charge in [-0.1, -0.05) is 6.92 Å². The Bertz CT molecular complexity index is 210. The smallest absolute Gasteiger partial charge is 0.0198 e. The highest BCUT2D eigenvalue weighted by Crippen LogP contribution is 2.33. The van der Waals surface area contributed by atoms with Gasteiger partial charge in [-0.25, -0.2) is 0 Å². The van der Waals surface area contributed by atoms with E-state index in [-0.39, 0.29) is 0 Å². The van der Waals surface area contributed by atoms with Crippen molar-refractivity contribution in [2.75, 3.05) is 13.1 Å². The largest absolute Gasteiger partial charge is 0.310 e. The summed E-state index contributed by atoms with van der Waals surface area (Å²) in [6.45, 7) is 5.07. The van der Waals surface area contributed by atoms with Crippen molar-refractivity contribution in [3.8, 4) is 0 Å². The van der Waals surface area contributed by atoms with Crippen LogP contribution in [0.1, 0.15) is 39.0 Å².